The molecule has 5 rings (SSSR count). The van der Waals surface area contributed by atoms with E-state index >= 15 is 0 Å². The molecule has 0 radical (unpaired) electrons. The minimum Gasteiger partial charge on any atom is -0.378 e. The van der Waals surface area contributed by atoms with Gasteiger partial charge in [-0.05, 0) is 17.7 Å². The number of ether oxygens (including phenoxy) is 1. The van der Waals surface area contributed by atoms with Crippen molar-refractivity contribution in [3.63, 3.8) is 0 Å². The zero-order valence-electron chi connectivity index (χ0n) is 16.7. The largest absolute Gasteiger partial charge is 0.378 e. The van der Waals surface area contributed by atoms with Gasteiger partial charge in [0.1, 0.15) is 0 Å². The highest BCUT2D eigenvalue weighted by Crippen LogP contribution is 2.29. The Hall–Kier alpha value is -3.73. The number of carbonyl (C=O) groups is 3. The molecule has 11 nitrogen and oxygen atoms in total. The lowest BCUT2D eigenvalue weighted by Gasteiger charge is -2.37. The molecule has 2 aromatic rings. The van der Waals surface area contributed by atoms with Crippen molar-refractivity contribution in [1.82, 2.24) is 19.7 Å². The minimum atomic E-state index is -1.38. The number of carbonyl (C=O) groups excluding carboxylic acids is 3. The smallest absolute Gasteiger partial charge is 0.255 e. The molecule has 1 unspecified atom stereocenters. The number of Topliss-reactive ketones (excluding diaryl/α,β-unsaturated/α-hetero) is 1. The maximum atomic E-state index is 13.2. The fourth-order valence-electron chi connectivity index (χ4n) is 4.05. The Morgan fingerprint density at radius 3 is 2.58 bits per heavy atom. The van der Waals surface area contributed by atoms with Crippen LogP contribution in [0.25, 0.3) is 0 Å². The molecule has 0 aliphatic carbocycles. The number of aromatic nitrogens is 3. The van der Waals surface area contributed by atoms with E-state index in [1.54, 1.807) is 35.0 Å². The van der Waals surface area contributed by atoms with E-state index in [1.165, 1.54) is 4.90 Å². The normalized spacial score (nSPS) is 20.8. The second-order valence-electron chi connectivity index (χ2n) is 7.56. The van der Waals surface area contributed by atoms with Crippen LogP contribution in [0.5, 0.6) is 0 Å². The molecular weight excluding hydrogens is 402 g/mol. The Bertz CT molecular complexity index is 1090. The van der Waals surface area contributed by atoms with Gasteiger partial charge in [-0.15, -0.1) is 5.10 Å². The Kier molecular flexibility index (Phi) is 4.66. The monoisotopic (exact) mass is 423 g/mol. The number of ketones is 1. The number of morpholine rings is 1. The highest BCUT2D eigenvalue weighted by molar-refractivity contribution is 6.17. The van der Waals surface area contributed by atoms with Crippen molar-refractivity contribution in [2.45, 2.75) is 12.6 Å². The molecule has 160 valence electrons. The number of rotatable bonds is 3. The van der Waals surface area contributed by atoms with Crippen LogP contribution >= 0.6 is 0 Å². The zero-order chi connectivity index (χ0) is 21.5. The van der Waals surface area contributed by atoms with Gasteiger partial charge in [0.05, 0.1) is 25.5 Å². The van der Waals surface area contributed by atoms with E-state index in [2.05, 4.69) is 15.4 Å². The summed E-state index contributed by atoms with van der Waals surface area (Å²) in [7, 11) is 0. The van der Waals surface area contributed by atoms with Crippen LogP contribution in [0.4, 0.5) is 11.9 Å². The number of fused-ring (bicyclic) bond motifs is 1. The molecule has 2 amide bonds. The van der Waals surface area contributed by atoms with Gasteiger partial charge in [-0.25, -0.2) is 4.68 Å². The fourth-order valence-corrected chi connectivity index (χ4v) is 4.05. The average Bonchev–Trinajstić information content (AvgIpc) is 3.21. The van der Waals surface area contributed by atoms with Crippen LogP contribution in [0.2, 0.25) is 0 Å². The first-order valence-electron chi connectivity index (χ1n) is 9.99. The summed E-state index contributed by atoms with van der Waals surface area (Å²) < 4.78 is 7.03. The Morgan fingerprint density at radius 2 is 1.87 bits per heavy atom. The molecule has 1 atom stereocenters. The molecule has 1 aromatic heterocycles. The second kappa shape index (κ2) is 7.51. The van der Waals surface area contributed by atoms with Gasteiger partial charge in [0.25, 0.3) is 5.91 Å². The molecule has 0 spiro atoms. The van der Waals surface area contributed by atoms with Crippen molar-refractivity contribution in [1.29, 1.82) is 0 Å². The summed E-state index contributed by atoms with van der Waals surface area (Å²) in [5.74, 6) is -0.881. The number of nitrogens with zero attached hydrogens (tertiary/aromatic N) is 5. The third-order valence-corrected chi connectivity index (χ3v) is 5.60. The summed E-state index contributed by atoms with van der Waals surface area (Å²) >= 11 is 0. The molecule has 4 heterocycles. The van der Waals surface area contributed by atoms with E-state index < -0.39 is 23.6 Å². The minimum absolute atomic E-state index is 0.0849. The first kappa shape index (κ1) is 19.2. The molecule has 3 aliphatic rings. The van der Waals surface area contributed by atoms with Crippen LogP contribution in [-0.2, 0) is 20.9 Å². The Labute approximate surface area is 177 Å². The summed E-state index contributed by atoms with van der Waals surface area (Å²) in [6.07, 6.45) is 0. The molecule has 0 saturated carbocycles. The SMILES string of the molecule is NC(=O)C1C(=O)C2=C(CN1C(=O)c1ccccc1)Cn1nc(N3CCOCC3)nc1N2. The molecule has 3 aliphatic heterocycles. The van der Waals surface area contributed by atoms with Gasteiger partial charge >= 0.3 is 0 Å². The summed E-state index contributed by atoms with van der Waals surface area (Å²) in [6.45, 7) is 2.92. The first-order chi connectivity index (χ1) is 15.0. The molecule has 1 fully saturated rings. The van der Waals surface area contributed by atoms with Crippen LogP contribution in [-0.4, -0.2) is 76.2 Å². The zero-order valence-corrected chi connectivity index (χ0v) is 16.7. The van der Waals surface area contributed by atoms with Gasteiger partial charge in [-0.1, -0.05) is 18.2 Å². The standard InChI is InChI=1S/C20H21N7O4/c21-17(29)15-16(28)14-13(10-26(15)18(30)12-4-2-1-3-5-12)11-27-19(22-14)23-20(24-27)25-6-8-31-9-7-25/h1-5,15H,6-11H2,(H2,21,29)(H,22,23,24). The summed E-state index contributed by atoms with van der Waals surface area (Å²) in [6, 6.07) is 7.12. The third kappa shape index (κ3) is 3.32. The van der Waals surface area contributed by atoms with Gasteiger partial charge in [-0.3, -0.25) is 14.4 Å². The quantitative estimate of drug-likeness (QED) is 0.623. The molecule has 1 saturated heterocycles. The topological polar surface area (TPSA) is 136 Å². The van der Waals surface area contributed by atoms with E-state index in [9.17, 15) is 14.4 Å². The van der Waals surface area contributed by atoms with E-state index in [1.807, 2.05) is 4.90 Å². The predicted octanol–water partition coefficient (Wildman–Crippen LogP) is -0.627. The lowest BCUT2D eigenvalue weighted by molar-refractivity contribution is -0.131. The number of benzene rings is 1. The van der Waals surface area contributed by atoms with Gasteiger partial charge in [0.2, 0.25) is 23.6 Å². The van der Waals surface area contributed by atoms with Crippen molar-refractivity contribution >= 4 is 29.5 Å². The van der Waals surface area contributed by atoms with Gasteiger partial charge in [-0.2, -0.15) is 4.98 Å². The van der Waals surface area contributed by atoms with Crippen LogP contribution in [0.3, 0.4) is 0 Å². The average molecular weight is 423 g/mol. The summed E-state index contributed by atoms with van der Waals surface area (Å²) in [5, 5.41) is 7.55. The highest BCUT2D eigenvalue weighted by Gasteiger charge is 2.43. The van der Waals surface area contributed by atoms with Crippen LogP contribution in [0.15, 0.2) is 41.6 Å². The number of nitrogens with two attached hydrogens (primary N) is 1. The highest BCUT2D eigenvalue weighted by atomic mass is 16.5. The lowest BCUT2D eigenvalue weighted by atomic mass is 9.95. The number of amides is 2. The summed E-state index contributed by atoms with van der Waals surface area (Å²) in [4.78, 5) is 46.1. The van der Waals surface area contributed by atoms with Crippen molar-refractivity contribution in [2.75, 3.05) is 43.1 Å². The van der Waals surface area contributed by atoms with Crippen LogP contribution < -0.4 is 16.0 Å². The Balaban J connectivity index is 1.45. The Morgan fingerprint density at radius 1 is 1.13 bits per heavy atom. The van der Waals surface area contributed by atoms with E-state index in [0.29, 0.717) is 49.3 Å². The van der Waals surface area contributed by atoms with Crippen LogP contribution in [0, 0.1) is 0 Å². The maximum Gasteiger partial charge on any atom is 0.255 e. The molecule has 0 bridgehead atoms. The first-order valence-corrected chi connectivity index (χ1v) is 9.99. The van der Waals surface area contributed by atoms with Crippen molar-refractivity contribution in [2.24, 2.45) is 5.73 Å². The molecule has 11 heteroatoms. The molecular formula is C20H21N7O4. The number of anilines is 2. The van der Waals surface area contributed by atoms with Crippen molar-refractivity contribution in [3.05, 3.63) is 47.2 Å². The van der Waals surface area contributed by atoms with Gasteiger partial charge in [0.15, 0.2) is 6.04 Å². The van der Waals surface area contributed by atoms with Gasteiger partial charge < -0.3 is 25.6 Å². The fraction of sp³-hybridized carbons (Fsp3) is 0.350. The number of primary amides is 1. The number of hydrogen-bond donors (Lipinski definition) is 2. The summed E-state index contributed by atoms with van der Waals surface area (Å²) in [5.41, 5.74) is 6.82. The molecule has 3 N–H and O–H groups in total. The van der Waals surface area contributed by atoms with E-state index in [0.717, 1.165) is 0 Å². The number of hydrogen-bond acceptors (Lipinski definition) is 8. The third-order valence-electron chi connectivity index (χ3n) is 5.60. The maximum absolute atomic E-state index is 13.2. The number of nitrogens with one attached hydrogen (secondary N) is 1. The molecule has 1 aromatic carbocycles. The van der Waals surface area contributed by atoms with E-state index in [4.69, 9.17) is 10.5 Å². The van der Waals surface area contributed by atoms with Gasteiger partial charge in [0, 0.05) is 25.2 Å². The second-order valence-corrected chi connectivity index (χ2v) is 7.56. The lowest BCUT2D eigenvalue weighted by Crippen LogP contribution is -2.57. The van der Waals surface area contributed by atoms with Crippen molar-refractivity contribution < 1.29 is 19.1 Å². The predicted molar refractivity (Wildman–Crippen MR) is 109 cm³/mol. The van der Waals surface area contributed by atoms with E-state index in [-0.39, 0.29) is 18.8 Å². The molecule has 31 heavy (non-hydrogen) atoms. The van der Waals surface area contributed by atoms with Crippen LogP contribution in [0.1, 0.15) is 10.4 Å². The van der Waals surface area contributed by atoms with Crippen molar-refractivity contribution in [3.8, 4) is 0 Å².